The third-order valence-electron chi connectivity index (χ3n) is 6.86. The zero-order valence-electron chi connectivity index (χ0n) is 19.8. The lowest BCUT2D eigenvalue weighted by atomic mass is 10.1. The molecule has 2 aromatic heterocycles. The van der Waals surface area contributed by atoms with E-state index in [2.05, 4.69) is 61.7 Å². The summed E-state index contributed by atoms with van der Waals surface area (Å²) in [4.78, 5) is 22.9. The lowest BCUT2D eigenvalue weighted by Gasteiger charge is -2.22. The molecule has 180 valence electrons. The highest BCUT2D eigenvalue weighted by Crippen LogP contribution is 2.28. The third-order valence-corrected chi connectivity index (χ3v) is 6.86. The van der Waals surface area contributed by atoms with E-state index >= 15 is 0 Å². The van der Waals surface area contributed by atoms with E-state index in [4.69, 9.17) is 5.73 Å². The van der Waals surface area contributed by atoms with E-state index in [1.54, 1.807) is 6.33 Å². The molecule has 0 spiro atoms. The molecule has 1 atom stereocenters. The minimum absolute atomic E-state index is 0.195. The third kappa shape index (κ3) is 4.38. The summed E-state index contributed by atoms with van der Waals surface area (Å²) in [6.45, 7) is 2.27. The van der Waals surface area contributed by atoms with Crippen molar-refractivity contribution in [3.8, 4) is 0 Å². The predicted octanol–water partition coefficient (Wildman–Crippen LogP) is 4.22. The maximum atomic E-state index is 11.8. The predicted molar refractivity (Wildman–Crippen MR) is 141 cm³/mol. The van der Waals surface area contributed by atoms with Gasteiger partial charge in [0.05, 0.1) is 29.8 Å². The molecule has 5 aromatic rings. The van der Waals surface area contributed by atoms with Gasteiger partial charge < -0.3 is 11.1 Å². The van der Waals surface area contributed by atoms with E-state index < -0.39 is 0 Å². The fourth-order valence-corrected chi connectivity index (χ4v) is 5.06. The van der Waals surface area contributed by atoms with Crippen LogP contribution in [0.1, 0.15) is 24.0 Å². The highest BCUT2D eigenvalue weighted by molar-refractivity contribution is 5.92. The molecule has 6 rings (SSSR count). The van der Waals surface area contributed by atoms with Crippen LogP contribution in [0.15, 0.2) is 79.3 Å². The monoisotopic (exact) mass is 477 g/mol. The number of anilines is 2. The lowest BCUT2D eigenvalue weighted by molar-refractivity contribution is -0.122. The van der Waals surface area contributed by atoms with Crippen molar-refractivity contribution in [2.75, 3.05) is 11.9 Å². The van der Waals surface area contributed by atoms with Gasteiger partial charge in [-0.15, -0.1) is 0 Å². The molecule has 8 nitrogen and oxygen atoms in total. The first-order chi connectivity index (χ1) is 17.6. The maximum absolute atomic E-state index is 11.8. The Hall–Kier alpha value is -4.30. The van der Waals surface area contributed by atoms with Crippen LogP contribution in [0.2, 0.25) is 0 Å². The summed E-state index contributed by atoms with van der Waals surface area (Å²) >= 11 is 0. The minimum atomic E-state index is -0.249. The Morgan fingerprint density at radius 1 is 1.00 bits per heavy atom. The number of nitrogens with one attached hydrogen (secondary N) is 1. The number of carbonyl (C=O) groups excluding carboxylic acids is 1. The number of hydrogen-bond acceptors (Lipinski definition) is 6. The molecule has 36 heavy (non-hydrogen) atoms. The van der Waals surface area contributed by atoms with Crippen LogP contribution >= 0.6 is 0 Å². The van der Waals surface area contributed by atoms with Crippen LogP contribution in [0.4, 0.5) is 11.5 Å². The molecule has 1 fully saturated rings. The van der Waals surface area contributed by atoms with Crippen molar-refractivity contribution < 1.29 is 4.79 Å². The largest absolute Gasteiger partial charge is 0.368 e. The quantitative estimate of drug-likeness (QED) is 0.364. The van der Waals surface area contributed by atoms with E-state index in [9.17, 15) is 4.79 Å². The maximum Gasteiger partial charge on any atom is 0.234 e. The van der Waals surface area contributed by atoms with Crippen LogP contribution in [0.25, 0.3) is 21.8 Å². The number of rotatable bonds is 7. The molecule has 3 aromatic carbocycles. The van der Waals surface area contributed by atoms with Crippen molar-refractivity contribution in [1.82, 2.24) is 24.6 Å². The Morgan fingerprint density at radius 3 is 2.75 bits per heavy atom. The number of nitrogens with two attached hydrogens (primary N) is 1. The Bertz CT molecular complexity index is 1550. The Morgan fingerprint density at radius 2 is 1.89 bits per heavy atom. The van der Waals surface area contributed by atoms with Crippen LogP contribution in [-0.2, 0) is 17.9 Å². The summed E-state index contributed by atoms with van der Waals surface area (Å²) in [5.41, 5.74) is 10.8. The fourth-order valence-electron chi connectivity index (χ4n) is 5.06. The SMILES string of the molecule is NC(=O)C1CCCN1Cc1ccc2ncnc(Nc3ccc4c(cnn4Cc4ccccc4)c3)c2c1. The number of primary amides is 1. The van der Waals surface area contributed by atoms with Crippen LogP contribution in [0.3, 0.4) is 0 Å². The highest BCUT2D eigenvalue weighted by Gasteiger charge is 2.28. The van der Waals surface area contributed by atoms with Gasteiger partial charge >= 0.3 is 0 Å². The van der Waals surface area contributed by atoms with Gasteiger partial charge in [0, 0.05) is 23.0 Å². The van der Waals surface area contributed by atoms with E-state index in [1.165, 1.54) is 5.56 Å². The Labute approximate surface area is 208 Å². The van der Waals surface area contributed by atoms with Gasteiger partial charge in [-0.3, -0.25) is 14.4 Å². The zero-order chi connectivity index (χ0) is 24.5. The molecule has 3 heterocycles. The average Bonchev–Trinajstić information content (AvgIpc) is 3.52. The first kappa shape index (κ1) is 22.2. The van der Waals surface area contributed by atoms with Crippen molar-refractivity contribution in [2.24, 2.45) is 5.73 Å². The van der Waals surface area contributed by atoms with E-state index in [0.29, 0.717) is 6.54 Å². The number of hydrogen-bond donors (Lipinski definition) is 2. The van der Waals surface area contributed by atoms with E-state index in [1.807, 2.05) is 41.2 Å². The van der Waals surface area contributed by atoms with Gasteiger partial charge in [-0.05, 0) is 60.8 Å². The molecule has 0 saturated carbocycles. The van der Waals surface area contributed by atoms with Gasteiger partial charge in [0.1, 0.15) is 12.1 Å². The number of carbonyl (C=O) groups is 1. The second-order valence-electron chi connectivity index (χ2n) is 9.29. The van der Waals surface area contributed by atoms with Crippen molar-refractivity contribution in [3.05, 3.63) is 90.4 Å². The molecule has 0 aliphatic carbocycles. The van der Waals surface area contributed by atoms with Gasteiger partial charge in [-0.2, -0.15) is 5.10 Å². The van der Waals surface area contributed by atoms with Crippen molar-refractivity contribution in [3.63, 3.8) is 0 Å². The number of aromatic nitrogens is 4. The zero-order valence-corrected chi connectivity index (χ0v) is 19.8. The van der Waals surface area contributed by atoms with Gasteiger partial charge in [-0.25, -0.2) is 9.97 Å². The lowest BCUT2D eigenvalue weighted by Crippen LogP contribution is -2.39. The van der Waals surface area contributed by atoms with Crippen LogP contribution in [0.5, 0.6) is 0 Å². The summed E-state index contributed by atoms with van der Waals surface area (Å²) < 4.78 is 2.01. The second-order valence-corrected chi connectivity index (χ2v) is 9.29. The molecule has 1 amide bonds. The minimum Gasteiger partial charge on any atom is -0.368 e. The molecule has 8 heteroatoms. The molecule has 0 radical (unpaired) electrons. The number of nitrogens with zero attached hydrogens (tertiary/aromatic N) is 5. The van der Waals surface area contributed by atoms with Crippen molar-refractivity contribution in [1.29, 1.82) is 0 Å². The summed E-state index contributed by atoms with van der Waals surface area (Å²) in [6, 6.07) is 22.5. The summed E-state index contributed by atoms with van der Waals surface area (Å²) in [7, 11) is 0. The van der Waals surface area contributed by atoms with Crippen LogP contribution in [0, 0.1) is 0 Å². The number of benzene rings is 3. The number of amides is 1. The van der Waals surface area contributed by atoms with Crippen molar-refractivity contribution >= 4 is 39.2 Å². The van der Waals surface area contributed by atoms with Gasteiger partial charge in [0.15, 0.2) is 0 Å². The molecule has 3 N–H and O–H groups in total. The smallest absolute Gasteiger partial charge is 0.234 e. The summed E-state index contributed by atoms with van der Waals surface area (Å²) in [5.74, 6) is 0.493. The van der Waals surface area contributed by atoms with E-state index in [-0.39, 0.29) is 11.9 Å². The first-order valence-corrected chi connectivity index (χ1v) is 12.2. The topological polar surface area (TPSA) is 102 Å². The van der Waals surface area contributed by atoms with Crippen molar-refractivity contribution in [2.45, 2.75) is 32.0 Å². The van der Waals surface area contributed by atoms with Gasteiger partial charge in [0.2, 0.25) is 5.91 Å². The standard InChI is InChI=1S/C28H27N7O/c29-27(36)26-7-4-12-34(26)16-20-8-10-24-23(13-20)28(31-18-30-24)33-22-9-11-25-21(14-22)15-32-35(25)17-19-5-2-1-3-6-19/h1-3,5-6,8-11,13-15,18,26H,4,7,12,16-17H2,(H2,29,36)(H,30,31,33). The second kappa shape index (κ2) is 9.39. The molecule has 1 saturated heterocycles. The number of likely N-dealkylation sites (tertiary alicyclic amines) is 1. The average molecular weight is 478 g/mol. The summed E-state index contributed by atoms with van der Waals surface area (Å²) in [5, 5.41) is 10.1. The summed E-state index contributed by atoms with van der Waals surface area (Å²) in [6.07, 6.45) is 5.28. The van der Waals surface area contributed by atoms with Crippen LogP contribution in [-0.4, -0.2) is 43.1 Å². The Kier molecular flexibility index (Phi) is 5.79. The van der Waals surface area contributed by atoms with Crippen LogP contribution < -0.4 is 11.1 Å². The molecule has 1 aliphatic rings. The van der Waals surface area contributed by atoms with Gasteiger partial charge in [-0.1, -0.05) is 36.4 Å². The number of fused-ring (bicyclic) bond motifs is 2. The molecule has 0 bridgehead atoms. The molecular formula is C28H27N7O. The highest BCUT2D eigenvalue weighted by atomic mass is 16.1. The molecule has 1 unspecified atom stereocenters. The Balaban J connectivity index is 1.26. The normalized spacial score (nSPS) is 16.1. The first-order valence-electron chi connectivity index (χ1n) is 12.2. The van der Waals surface area contributed by atoms with E-state index in [0.717, 1.165) is 64.8 Å². The molecule has 1 aliphatic heterocycles. The molecular weight excluding hydrogens is 450 g/mol. The fraction of sp³-hybridized carbons (Fsp3) is 0.214. The van der Waals surface area contributed by atoms with Gasteiger partial charge in [0.25, 0.3) is 0 Å².